The van der Waals surface area contributed by atoms with E-state index in [9.17, 15) is 8.42 Å². The first-order valence-electron chi connectivity index (χ1n) is 5.95. The highest BCUT2D eigenvalue weighted by molar-refractivity contribution is 7.89. The average molecular weight is 255 g/mol. The molecule has 96 valence electrons. The van der Waals surface area contributed by atoms with E-state index in [2.05, 4.69) is 6.92 Å². The fourth-order valence-corrected chi connectivity index (χ4v) is 3.45. The van der Waals surface area contributed by atoms with E-state index in [1.54, 1.807) is 19.2 Å². The number of sulfonamides is 1. The summed E-state index contributed by atoms with van der Waals surface area (Å²) >= 11 is 0. The summed E-state index contributed by atoms with van der Waals surface area (Å²) in [5, 5.41) is 0. The number of hydrogen-bond donors (Lipinski definition) is 0. The van der Waals surface area contributed by atoms with Crippen LogP contribution in [0.15, 0.2) is 29.2 Å². The van der Waals surface area contributed by atoms with E-state index in [4.69, 9.17) is 0 Å². The van der Waals surface area contributed by atoms with Gasteiger partial charge < -0.3 is 0 Å². The standard InChI is InChI=1S/C13H21NO2S/c1-5-8-12(3)14(4)17(15,16)13-10-7-6-9-11(13)2/h6-7,9-10,12H,5,8H2,1-4H3. The van der Waals surface area contributed by atoms with Gasteiger partial charge in [-0.25, -0.2) is 8.42 Å². The van der Waals surface area contributed by atoms with E-state index < -0.39 is 10.0 Å². The van der Waals surface area contributed by atoms with E-state index in [-0.39, 0.29) is 6.04 Å². The van der Waals surface area contributed by atoms with Crippen molar-refractivity contribution in [3.05, 3.63) is 29.8 Å². The normalized spacial score (nSPS) is 13.9. The zero-order valence-electron chi connectivity index (χ0n) is 11.0. The fraction of sp³-hybridized carbons (Fsp3) is 0.538. The van der Waals surface area contributed by atoms with Gasteiger partial charge in [-0.1, -0.05) is 31.5 Å². The van der Waals surface area contributed by atoms with Crippen LogP contribution in [0.3, 0.4) is 0 Å². The van der Waals surface area contributed by atoms with Crippen LogP contribution in [-0.4, -0.2) is 25.8 Å². The van der Waals surface area contributed by atoms with Crippen molar-refractivity contribution in [2.45, 2.75) is 44.6 Å². The molecule has 0 radical (unpaired) electrons. The van der Waals surface area contributed by atoms with E-state index in [1.165, 1.54) is 4.31 Å². The SMILES string of the molecule is CCCC(C)N(C)S(=O)(=O)c1ccccc1C. The second-order valence-corrected chi connectivity index (χ2v) is 6.39. The molecular formula is C13H21NO2S. The van der Waals surface area contributed by atoms with Gasteiger partial charge in [0.15, 0.2) is 0 Å². The molecule has 0 aliphatic carbocycles. The van der Waals surface area contributed by atoms with Crippen LogP contribution in [0.25, 0.3) is 0 Å². The molecule has 0 spiro atoms. The van der Waals surface area contributed by atoms with Crippen LogP contribution < -0.4 is 0 Å². The molecule has 17 heavy (non-hydrogen) atoms. The minimum Gasteiger partial charge on any atom is -0.207 e. The van der Waals surface area contributed by atoms with Gasteiger partial charge in [0, 0.05) is 13.1 Å². The van der Waals surface area contributed by atoms with Crippen molar-refractivity contribution < 1.29 is 8.42 Å². The Bertz CT molecular complexity index is 468. The highest BCUT2D eigenvalue weighted by atomic mass is 32.2. The highest BCUT2D eigenvalue weighted by Crippen LogP contribution is 2.21. The summed E-state index contributed by atoms with van der Waals surface area (Å²) in [6.07, 6.45) is 1.86. The average Bonchev–Trinajstić information content (AvgIpc) is 2.28. The molecule has 0 fully saturated rings. The van der Waals surface area contributed by atoms with Crippen LogP contribution >= 0.6 is 0 Å². The van der Waals surface area contributed by atoms with Gasteiger partial charge in [0.1, 0.15) is 0 Å². The van der Waals surface area contributed by atoms with E-state index in [0.29, 0.717) is 4.90 Å². The van der Waals surface area contributed by atoms with E-state index in [0.717, 1.165) is 18.4 Å². The molecule has 0 saturated carbocycles. The Hall–Kier alpha value is -0.870. The van der Waals surface area contributed by atoms with Gasteiger partial charge >= 0.3 is 0 Å². The van der Waals surface area contributed by atoms with Crippen LogP contribution in [0, 0.1) is 6.92 Å². The Morgan fingerprint density at radius 1 is 1.29 bits per heavy atom. The van der Waals surface area contributed by atoms with Crippen molar-refractivity contribution in [3.8, 4) is 0 Å². The maximum absolute atomic E-state index is 12.4. The molecular weight excluding hydrogens is 234 g/mol. The molecule has 1 unspecified atom stereocenters. The predicted molar refractivity (Wildman–Crippen MR) is 70.5 cm³/mol. The lowest BCUT2D eigenvalue weighted by Crippen LogP contribution is -2.35. The Morgan fingerprint density at radius 3 is 2.41 bits per heavy atom. The summed E-state index contributed by atoms with van der Waals surface area (Å²) in [4.78, 5) is 0.408. The first kappa shape index (κ1) is 14.2. The zero-order valence-corrected chi connectivity index (χ0v) is 11.8. The molecule has 3 nitrogen and oxygen atoms in total. The van der Waals surface area contributed by atoms with Gasteiger partial charge in [-0.15, -0.1) is 0 Å². The Labute approximate surface area is 105 Å². The number of hydrogen-bond acceptors (Lipinski definition) is 2. The van der Waals surface area contributed by atoms with E-state index in [1.807, 2.05) is 26.0 Å². The van der Waals surface area contributed by atoms with Crippen molar-refractivity contribution in [2.24, 2.45) is 0 Å². The van der Waals surface area contributed by atoms with Crippen molar-refractivity contribution >= 4 is 10.0 Å². The van der Waals surface area contributed by atoms with Crippen molar-refractivity contribution in [3.63, 3.8) is 0 Å². The largest absolute Gasteiger partial charge is 0.243 e. The maximum atomic E-state index is 12.4. The second kappa shape index (κ2) is 5.65. The minimum absolute atomic E-state index is 0.0320. The van der Waals surface area contributed by atoms with Crippen LogP contribution in [0.5, 0.6) is 0 Å². The molecule has 0 saturated heterocycles. The summed E-state index contributed by atoms with van der Waals surface area (Å²) in [6.45, 7) is 5.83. The molecule has 1 atom stereocenters. The van der Waals surface area contributed by atoms with Crippen molar-refractivity contribution in [1.29, 1.82) is 0 Å². The Balaban J connectivity index is 3.08. The first-order valence-corrected chi connectivity index (χ1v) is 7.39. The molecule has 0 heterocycles. The maximum Gasteiger partial charge on any atom is 0.243 e. The summed E-state index contributed by atoms with van der Waals surface area (Å²) < 4.78 is 26.3. The lowest BCUT2D eigenvalue weighted by atomic mass is 10.2. The van der Waals surface area contributed by atoms with Crippen molar-refractivity contribution in [1.82, 2.24) is 4.31 Å². The molecule has 0 bridgehead atoms. The number of aryl methyl sites for hydroxylation is 1. The second-order valence-electron chi connectivity index (χ2n) is 4.42. The van der Waals surface area contributed by atoms with Gasteiger partial charge in [-0.2, -0.15) is 4.31 Å². The summed E-state index contributed by atoms with van der Waals surface area (Å²) in [7, 11) is -1.70. The minimum atomic E-state index is -3.36. The van der Waals surface area contributed by atoms with Crippen LogP contribution in [0.4, 0.5) is 0 Å². The smallest absolute Gasteiger partial charge is 0.207 e. The lowest BCUT2D eigenvalue weighted by molar-refractivity contribution is 0.368. The summed E-state index contributed by atoms with van der Waals surface area (Å²) in [5.41, 5.74) is 0.794. The third-order valence-corrected chi connectivity index (χ3v) is 5.21. The molecule has 1 aromatic carbocycles. The highest BCUT2D eigenvalue weighted by Gasteiger charge is 2.25. The third-order valence-electron chi connectivity index (χ3n) is 3.08. The molecule has 1 aromatic rings. The van der Waals surface area contributed by atoms with Crippen molar-refractivity contribution in [2.75, 3.05) is 7.05 Å². The molecule has 0 aromatic heterocycles. The van der Waals surface area contributed by atoms with E-state index >= 15 is 0 Å². The van der Waals surface area contributed by atoms with Crippen LogP contribution in [0.2, 0.25) is 0 Å². The Morgan fingerprint density at radius 2 is 1.88 bits per heavy atom. The zero-order chi connectivity index (χ0) is 13.1. The van der Waals surface area contributed by atoms with Gasteiger partial charge in [0.05, 0.1) is 4.90 Å². The molecule has 0 aliphatic rings. The molecule has 0 aliphatic heterocycles. The fourth-order valence-electron chi connectivity index (χ4n) is 1.84. The lowest BCUT2D eigenvalue weighted by Gasteiger charge is -2.24. The van der Waals surface area contributed by atoms with Gasteiger partial charge in [-0.05, 0) is 31.9 Å². The van der Waals surface area contributed by atoms with Gasteiger partial charge in [0.2, 0.25) is 10.0 Å². The summed E-state index contributed by atoms with van der Waals surface area (Å²) in [5.74, 6) is 0. The molecule has 4 heteroatoms. The monoisotopic (exact) mass is 255 g/mol. The molecule has 1 rings (SSSR count). The Kier molecular flexibility index (Phi) is 4.71. The third kappa shape index (κ3) is 3.07. The topological polar surface area (TPSA) is 37.4 Å². The van der Waals surface area contributed by atoms with Crippen LogP contribution in [-0.2, 0) is 10.0 Å². The molecule has 0 N–H and O–H groups in total. The first-order chi connectivity index (χ1) is 7.91. The van der Waals surface area contributed by atoms with Gasteiger partial charge in [-0.3, -0.25) is 0 Å². The quantitative estimate of drug-likeness (QED) is 0.811. The van der Waals surface area contributed by atoms with Gasteiger partial charge in [0.25, 0.3) is 0 Å². The molecule has 0 amide bonds. The number of rotatable bonds is 5. The predicted octanol–water partition coefficient (Wildman–Crippen LogP) is 2.80. The number of nitrogens with zero attached hydrogens (tertiary/aromatic N) is 1. The van der Waals surface area contributed by atoms with Crippen LogP contribution in [0.1, 0.15) is 32.3 Å². The summed E-state index contributed by atoms with van der Waals surface area (Å²) in [6, 6.07) is 7.14. The number of benzene rings is 1.